The SMILES string of the molecule is COC(=O)C1=C2Nc3ccccc3[C@@]23CCN2CC=C[C@@]([C@H](C)Cl)(C1)[C@H]23. The molecule has 1 N–H and O–H groups in total. The van der Waals surface area contributed by atoms with Gasteiger partial charge < -0.3 is 10.1 Å². The van der Waals surface area contributed by atoms with Gasteiger partial charge in [-0.2, -0.15) is 0 Å². The largest absolute Gasteiger partial charge is 0.466 e. The zero-order valence-electron chi connectivity index (χ0n) is 15.1. The second-order valence-electron chi connectivity index (χ2n) is 7.94. The summed E-state index contributed by atoms with van der Waals surface area (Å²) in [6.07, 6.45) is 6.10. The minimum Gasteiger partial charge on any atom is -0.466 e. The highest BCUT2D eigenvalue weighted by molar-refractivity contribution is 6.21. The molecule has 0 bridgehead atoms. The van der Waals surface area contributed by atoms with Crippen LogP contribution < -0.4 is 5.32 Å². The molecule has 1 aliphatic carbocycles. The van der Waals surface area contributed by atoms with Crippen LogP contribution in [0.15, 0.2) is 47.7 Å². The molecular weight excluding hydrogens is 348 g/mol. The van der Waals surface area contributed by atoms with Crippen LogP contribution in [-0.2, 0) is 14.9 Å². The van der Waals surface area contributed by atoms with Crippen LogP contribution >= 0.6 is 11.6 Å². The summed E-state index contributed by atoms with van der Waals surface area (Å²) in [6, 6.07) is 8.71. The first-order valence-corrected chi connectivity index (χ1v) is 9.72. The number of hydrogen-bond acceptors (Lipinski definition) is 4. The Bertz CT molecular complexity index is 861. The average Bonchev–Trinajstić information content (AvgIpc) is 3.21. The Morgan fingerprint density at radius 1 is 1.42 bits per heavy atom. The van der Waals surface area contributed by atoms with E-state index in [-0.39, 0.29) is 28.2 Å². The summed E-state index contributed by atoms with van der Waals surface area (Å²) in [5.41, 5.74) is 3.70. The zero-order chi connectivity index (χ0) is 18.1. The second-order valence-corrected chi connectivity index (χ2v) is 8.60. The van der Waals surface area contributed by atoms with E-state index in [1.807, 2.05) is 6.07 Å². The van der Waals surface area contributed by atoms with E-state index in [2.05, 4.69) is 47.5 Å². The third-order valence-corrected chi connectivity index (χ3v) is 7.38. The molecule has 0 radical (unpaired) electrons. The number of methoxy groups -OCH3 is 1. The quantitative estimate of drug-likeness (QED) is 0.492. The van der Waals surface area contributed by atoms with Crippen molar-refractivity contribution >= 4 is 23.3 Å². The van der Waals surface area contributed by atoms with Gasteiger partial charge in [0.05, 0.1) is 18.1 Å². The molecule has 136 valence electrons. The molecule has 1 aromatic rings. The number of rotatable bonds is 2. The molecular formula is C21H23ClN2O2. The topological polar surface area (TPSA) is 41.6 Å². The molecule has 5 rings (SSSR count). The van der Waals surface area contributed by atoms with E-state index < -0.39 is 0 Å². The van der Waals surface area contributed by atoms with E-state index in [0.29, 0.717) is 6.42 Å². The van der Waals surface area contributed by atoms with Crippen molar-refractivity contribution in [3.8, 4) is 0 Å². The molecule has 0 saturated carbocycles. The molecule has 1 spiro atoms. The number of ether oxygens (including phenoxy) is 1. The fourth-order valence-corrected chi connectivity index (χ4v) is 6.25. The number of nitrogens with zero attached hydrogens (tertiary/aromatic N) is 1. The number of alkyl halides is 1. The van der Waals surface area contributed by atoms with Crippen molar-refractivity contribution in [2.45, 2.75) is 36.6 Å². The monoisotopic (exact) mass is 370 g/mol. The number of carbonyl (C=O) groups excluding carboxylic acids is 1. The number of para-hydroxylation sites is 1. The molecule has 1 fully saturated rings. The van der Waals surface area contributed by atoms with E-state index in [9.17, 15) is 4.79 Å². The smallest absolute Gasteiger partial charge is 0.335 e. The van der Waals surface area contributed by atoms with Crippen molar-refractivity contribution in [3.63, 3.8) is 0 Å². The van der Waals surface area contributed by atoms with Gasteiger partial charge >= 0.3 is 5.97 Å². The van der Waals surface area contributed by atoms with E-state index in [0.717, 1.165) is 36.5 Å². The van der Waals surface area contributed by atoms with E-state index in [1.54, 1.807) is 0 Å². The number of nitrogens with one attached hydrogen (secondary N) is 1. The lowest BCUT2D eigenvalue weighted by molar-refractivity contribution is -0.137. The van der Waals surface area contributed by atoms with Crippen molar-refractivity contribution < 1.29 is 9.53 Å². The summed E-state index contributed by atoms with van der Waals surface area (Å²) in [4.78, 5) is 15.3. The van der Waals surface area contributed by atoms with Gasteiger partial charge in [0.2, 0.25) is 0 Å². The van der Waals surface area contributed by atoms with Gasteiger partial charge in [0.25, 0.3) is 0 Å². The second kappa shape index (κ2) is 5.37. The molecule has 1 saturated heterocycles. The molecule has 4 atom stereocenters. The van der Waals surface area contributed by atoms with Crippen LogP contribution in [0.3, 0.4) is 0 Å². The minimum atomic E-state index is -0.275. The van der Waals surface area contributed by atoms with Crippen LogP contribution in [-0.4, -0.2) is 42.5 Å². The third kappa shape index (κ3) is 1.77. The van der Waals surface area contributed by atoms with Gasteiger partial charge in [0.15, 0.2) is 0 Å². The minimum absolute atomic E-state index is 0.0875. The Morgan fingerprint density at radius 3 is 3.00 bits per heavy atom. The predicted octanol–water partition coefficient (Wildman–Crippen LogP) is 3.44. The fraction of sp³-hybridized carbons (Fsp3) is 0.476. The first-order chi connectivity index (χ1) is 12.5. The van der Waals surface area contributed by atoms with Crippen molar-refractivity contribution in [1.82, 2.24) is 4.90 Å². The Labute approximate surface area is 158 Å². The van der Waals surface area contributed by atoms with Crippen molar-refractivity contribution in [2.75, 3.05) is 25.5 Å². The highest BCUT2D eigenvalue weighted by Crippen LogP contribution is 2.64. The fourth-order valence-electron chi connectivity index (χ4n) is 5.98. The maximum Gasteiger partial charge on any atom is 0.335 e. The van der Waals surface area contributed by atoms with Crippen molar-refractivity contribution in [1.29, 1.82) is 0 Å². The number of hydrogen-bond donors (Lipinski definition) is 1. The predicted molar refractivity (Wildman–Crippen MR) is 102 cm³/mol. The van der Waals surface area contributed by atoms with Crippen LogP contribution in [0.25, 0.3) is 0 Å². The molecule has 3 heterocycles. The summed E-state index contributed by atoms with van der Waals surface area (Å²) < 4.78 is 5.19. The number of carbonyl (C=O) groups is 1. The lowest BCUT2D eigenvalue weighted by Gasteiger charge is -2.55. The van der Waals surface area contributed by atoms with E-state index in [4.69, 9.17) is 16.3 Å². The van der Waals surface area contributed by atoms with Gasteiger partial charge in [0.1, 0.15) is 0 Å². The summed E-state index contributed by atoms with van der Waals surface area (Å²) in [5, 5.41) is 3.51. The molecule has 0 aromatic heterocycles. The number of anilines is 1. The van der Waals surface area contributed by atoms with Crippen LogP contribution in [0.2, 0.25) is 0 Å². The lowest BCUT2D eigenvalue weighted by atomic mass is 9.55. The third-order valence-electron chi connectivity index (χ3n) is 6.97. The highest BCUT2D eigenvalue weighted by Gasteiger charge is 2.66. The average molecular weight is 371 g/mol. The van der Waals surface area contributed by atoms with Crippen LogP contribution in [0.4, 0.5) is 5.69 Å². The van der Waals surface area contributed by atoms with Gasteiger partial charge in [-0.3, -0.25) is 4.90 Å². The highest BCUT2D eigenvalue weighted by atomic mass is 35.5. The Hall–Kier alpha value is -1.78. The van der Waals surface area contributed by atoms with E-state index in [1.165, 1.54) is 12.7 Å². The van der Waals surface area contributed by atoms with Gasteiger partial charge in [-0.1, -0.05) is 30.4 Å². The number of benzene rings is 1. The number of fused-ring (bicyclic) bond motifs is 1. The van der Waals surface area contributed by atoms with Crippen LogP contribution in [0.1, 0.15) is 25.3 Å². The van der Waals surface area contributed by atoms with Crippen molar-refractivity contribution in [2.24, 2.45) is 5.41 Å². The summed E-state index contributed by atoms with van der Waals surface area (Å²) in [5.74, 6) is -0.243. The molecule has 4 nitrogen and oxygen atoms in total. The molecule has 0 amide bonds. The molecule has 26 heavy (non-hydrogen) atoms. The maximum atomic E-state index is 12.8. The summed E-state index contributed by atoms with van der Waals surface area (Å²) >= 11 is 6.83. The first kappa shape index (κ1) is 16.4. The number of esters is 1. The molecule has 3 aliphatic heterocycles. The molecule has 5 heteroatoms. The Kier molecular flexibility index (Phi) is 3.38. The van der Waals surface area contributed by atoms with Crippen molar-refractivity contribution in [3.05, 3.63) is 53.3 Å². The van der Waals surface area contributed by atoms with Crippen LogP contribution in [0.5, 0.6) is 0 Å². The lowest BCUT2D eigenvalue weighted by Crippen LogP contribution is -2.61. The Morgan fingerprint density at radius 2 is 2.23 bits per heavy atom. The Balaban J connectivity index is 1.84. The first-order valence-electron chi connectivity index (χ1n) is 9.29. The van der Waals surface area contributed by atoms with Gasteiger partial charge in [0, 0.05) is 41.3 Å². The van der Waals surface area contributed by atoms with Gasteiger partial charge in [-0.25, -0.2) is 4.79 Å². The molecule has 0 unspecified atom stereocenters. The standard InChI is InChI=1S/C21H23ClN2O2/c1-13(22)20-8-5-10-24-11-9-21(19(20)24)15-6-3-4-7-16(15)23-17(21)14(12-20)18(25)26-2/h3-8,13,19,23H,9-12H2,1-2H3/t13-,19-,20-,21-/m0/s1. The summed E-state index contributed by atoms with van der Waals surface area (Å²) in [7, 11) is 1.46. The van der Waals surface area contributed by atoms with E-state index >= 15 is 0 Å². The zero-order valence-corrected chi connectivity index (χ0v) is 15.8. The molecule has 1 aromatic carbocycles. The van der Waals surface area contributed by atoms with Crippen LogP contribution in [0, 0.1) is 5.41 Å². The maximum absolute atomic E-state index is 12.8. The summed E-state index contributed by atoms with van der Waals surface area (Å²) in [6.45, 7) is 4.02. The molecule has 4 aliphatic rings. The van der Waals surface area contributed by atoms with Gasteiger partial charge in [-0.05, 0) is 31.4 Å². The number of halogens is 1. The normalized spacial score (nSPS) is 35.4. The van der Waals surface area contributed by atoms with Gasteiger partial charge in [-0.15, -0.1) is 11.6 Å².